The number of ether oxygens (including phenoxy) is 2. The smallest absolute Gasteiger partial charge is 0.178 e. The summed E-state index contributed by atoms with van der Waals surface area (Å²) in [7, 11) is -3.30. The molecule has 5 nitrogen and oxygen atoms in total. The van der Waals surface area contributed by atoms with Gasteiger partial charge in [-0.25, -0.2) is 8.42 Å². The molecule has 7 heteroatoms. The summed E-state index contributed by atoms with van der Waals surface area (Å²) in [4.78, 5) is 2.54. The molecule has 1 aromatic rings. The summed E-state index contributed by atoms with van der Waals surface area (Å²) in [5.74, 6) is 0.266. The van der Waals surface area contributed by atoms with Crippen molar-refractivity contribution in [3.8, 4) is 0 Å². The lowest BCUT2D eigenvalue weighted by atomic mass is 10.2. The second-order valence-corrected chi connectivity index (χ2v) is 8.71. The van der Waals surface area contributed by atoms with Crippen LogP contribution in [0.2, 0.25) is 0 Å². The van der Waals surface area contributed by atoms with Crippen molar-refractivity contribution in [2.45, 2.75) is 11.3 Å². The van der Waals surface area contributed by atoms with E-state index in [2.05, 4.69) is 20.8 Å². The van der Waals surface area contributed by atoms with Crippen LogP contribution in [-0.4, -0.2) is 53.7 Å². The summed E-state index contributed by atoms with van der Waals surface area (Å²) < 4.78 is 36.7. The van der Waals surface area contributed by atoms with E-state index in [0.717, 1.165) is 29.7 Å². The van der Waals surface area contributed by atoms with Crippen LogP contribution in [0.1, 0.15) is 6.42 Å². The van der Waals surface area contributed by atoms with Gasteiger partial charge in [-0.1, -0.05) is 15.9 Å². The molecule has 2 fully saturated rings. The van der Waals surface area contributed by atoms with E-state index in [9.17, 15) is 8.42 Å². The molecule has 0 aliphatic carbocycles. The summed E-state index contributed by atoms with van der Waals surface area (Å²) >= 11 is 3.44. The first-order valence-electron chi connectivity index (χ1n) is 7.48. The molecule has 122 valence electrons. The van der Waals surface area contributed by atoms with Crippen LogP contribution in [0, 0.1) is 5.92 Å². The molecule has 1 atom stereocenters. The van der Waals surface area contributed by atoms with Gasteiger partial charge in [0.05, 0.1) is 30.5 Å². The molecule has 0 N–H and O–H groups in total. The average Bonchev–Trinajstić information content (AvgIpc) is 3.00. The van der Waals surface area contributed by atoms with E-state index in [-0.39, 0.29) is 11.7 Å². The maximum atomic E-state index is 12.7. The number of sulfone groups is 1. The molecular formula is C15H20BrNO4S. The SMILES string of the molecule is O=S(=O)(CC1CCOC1)c1cc(Br)cc(N2CCOCC2)c1. The number of nitrogens with zero attached hydrogens (tertiary/aromatic N) is 1. The summed E-state index contributed by atoms with van der Waals surface area (Å²) in [6.45, 7) is 4.13. The third-order valence-corrected chi connectivity index (χ3v) is 6.39. The predicted molar refractivity (Wildman–Crippen MR) is 88.2 cm³/mol. The van der Waals surface area contributed by atoms with Gasteiger partial charge in [0, 0.05) is 29.9 Å². The van der Waals surface area contributed by atoms with Crippen LogP contribution < -0.4 is 4.90 Å². The zero-order valence-corrected chi connectivity index (χ0v) is 14.7. The third kappa shape index (κ3) is 3.82. The highest BCUT2D eigenvalue weighted by atomic mass is 79.9. The lowest BCUT2D eigenvalue weighted by Gasteiger charge is -2.29. The third-order valence-electron chi connectivity index (χ3n) is 4.07. The predicted octanol–water partition coefficient (Wildman–Crippen LogP) is 2.10. The van der Waals surface area contributed by atoms with Gasteiger partial charge in [-0.15, -0.1) is 0 Å². The molecule has 0 bridgehead atoms. The number of morpholine rings is 1. The molecule has 0 spiro atoms. The Morgan fingerprint density at radius 3 is 2.59 bits per heavy atom. The van der Waals surface area contributed by atoms with E-state index in [0.29, 0.717) is 31.3 Å². The van der Waals surface area contributed by atoms with Crippen LogP contribution in [0.3, 0.4) is 0 Å². The van der Waals surface area contributed by atoms with Crippen molar-refractivity contribution in [3.63, 3.8) is 0 Å². The molecular weight excluding hydrogens is 370 g/mol. The van der Waals surface area contributed by atoms with Gasteiger partial charge in [0.15, 0.2) is 9.84 Å². The van der Waals surface area contributed by atoms with Gasteiger partial charge in [-0.05, 0) is 30.5 Å². The highest BCUT2D eigenvalue weighted by Gasteiger charge is 2.26. The fourth-order valence-corrected chi connectivity index (χ4v) is 5.17. The zero-order valence-electron chi connectivity index (χ0n) is 12.3. The van der Waals surface area contributed by atoms with Crippen LogP contribution >= 0.6 is 15.9 Å². The monoisotopic (exact) mass is 389 g/mol. The van der Waals surface area contributed by atoms with Crippen molar-refractivity contribution in [1.29, 1.82) is 0 Å². The molecule has 0 saturated carbocycles. The molecule has 2 aliphatic heterocycles. The minimum Gasteiger partial charge on any atom is -0.381 e. The molecule has 0 radical (unpaired) electrons. The first kappa shape index (κ1) is 16.2. The molecule has 22 heavy (non-hydrogen) atoms. The van der Waals surface area contributed by atoms with Crippen molar-refractivity contribution in [3.05, 3.63) is 22.7 Å². The Morgan fingerprint density at radius 1 is 1.14 bits per heavy atom. The lowest BCUT2D eigenvalue weighted by Crippen LogP contribution is -2.36. The Balaban J connectivity index is 1.84. The van der Waals surface area contributed by atoms with E-state index in [4.69, 9.17) is 9.47 Å². The molecule has 2 aliphatic rings. The Kier molecular flexibility index (Phi) is 5.07. The Hall–Kier alpha value is -0.630. The molecule has 0 amide bonds. The topological polar surface area (TPSA) is 55.8 Å². The van der Waals surface area contributed by atoms with Crippen molar-refractivity contribution >= 4 is 31.5 Å². The van der Waals surface area contributed by atoms with E-state index < -0.39 is 9.84 Å². The quantitative estimate of drug-likeness (QED) is 0.788. The van der Waals surface area contributed by atoms with Crippen LogP contribution in [0.15, 0.2) is 27.6 Å². The second kappa shape index (κ2) is 6.86. The minimum absolute atomic E-state index is 0.107. The number of hydrogen-bond donors (Lipinski definition) is 0. The van der Waals surface area contributed by atoms with Gasteiger partial charge in [0.2, 0.25) is 0 Å². The van der Waals surface area contributed by atoms with Gasteiger partial charge < -0.3 is 14.4 Å². The minimum atomic E-state index is -3.30. The number of halogens is 1. The molecule has 1 aromatic carbocycles. The number of anilines is 1. The summed E-state index contributed by atoms with van der Waals surface area (Å²) in [6.07, 6.45) is 0.823. The normalized spacial score (nSPS) is 23.0. The van der Waals surface area contributed by atoms with Gasteiger partial charge >= 0.3 is 0 Å². The van der Waals surface area contributed by atoms with Crippen LogP contribution in [0.4, 0.5) is 5.69 Å². The van der Waals surface area contributed by atoms with Gasteiger partial charge in [-0.2, -0.15) is 0 Å². The number of rotatable bonds is 4. The van der Waals surface area contributed by atoms with Crippen LogP contribution in [-0.2, 0) is 19.3 Å². The highest BCUT2D eigenvalue weighted by molar-refractivity contribution is 9.10. The van der Waals surface area contributed by atoms with E-state index >= 15 is 0 Å². The van der Waals surface area contributed by atoms with Crippen molar-refractivity contribution in [2.24, 2.45) is 5.92 Å². The van der Waals surface area contributed by atoms with E-state index in [1.807, 2.05) is 6.07 Å². The van der Waals surface area contributed by atoms with Crippen molar-refractivity contribution in [2.75, 3.05) is 50.2 Å². The molecule has 2 heterocycles. The van der Waals surface area contributed by atoms with Gasteiger partial charge in [0.1, 0.15) is 0 Å². The Bertz CT molecular complexity index is 622. The van der Waals surface area contributed by atoms with E-state index in [1.54, 1.807) is 12.1 Å². The second-order valence-electron chi connectivity index (χ2n) is 5.76. The van der Waals surface area contributed by atoms with Crippen molar-refractivity contribution in [1.82, 2.24) is 0 Å². The molecule has 0 aromatic heterocycles. The zero-order chi connectivity index (χ0) is 15.6. The van der Waals surface area contributed by atoms with E-state index in [1.165, 1.54) is 0 Å². The number of benzene rings is 1. The average molecular weight is 390 g/mol. The summed E-state index contributed by atoms with van der Waals surface area (Å²) in [5.41, 5.74) is 0.930. The fourth-order valence-electron chi connectivity index (χ4n) is 2.85. The van der Waals surface area contributed by atoms with Crippen LogP contribution in [0.5, 0.6) is 0 Å². The van der Waals surface area contributed by atoms with Gasteiger partial charge in [0.25, 0.3) is 0 Å². The maximum absolute atomic E-state index is 12.7. The number of hydrogen-bond acceptors (Lipinski definition) is 5. The maximum Gasteiger partial charge on any atom is 0.178 e. The molecule has 1 unspecified atom stereocenters. The summed E-state index contributed by atoms with van der Waals surface area (Å²) in [5, 5.41) is 0. The molecule has 2 saturated heterocycles. The Labute approximate surface area is 139 Å². The fraction of sp³-hybridized carbons (Fsp3) is 0.600. The summed E-state index contributed by atoms with van der Waals surface area (Å²) in [6, 6.07) is 5.43. The van der Waals surface area contributed by atoms with Gasteiger partial charge in [-0.3, -0.25) is 0 Å². The van der Waals surface area contributed by atoms with Crippen LogP contribution in [0.25, 0.3) is 0 Å². The Morgan fingerprint density at radius 2 is 1.91 bits per heavy atom. The first-order valence-corrected chi connectivity index (χ1v) is 9.93. The van der Waals surface area contributed by atoms with Crippen molar-refractivity contribution < 1.29 is 17.9 Å². The largest absolute Gasteiger partial charge is 0.381 e. The lowest BCUT2D eigenvalue weighted by molar-refractivity contribution is 0.122. The first-order chi connectivity index (χ1) is 10.5. The highest BCUT2D eigenvalue weighted by Crippen LogP contribution is 2.28. The standard InChI is InChI=1S/C15H20BrNO4S/c16-13-7-14(17-2-5-20-6-3-17)9-15(8-13)22(18,19)11-12-1-4-21-10-12/h7-9,12H,1-6,10-11H2. The molecule has 3 rings (SSSR count).